The van der Waals surface area contributed by atoms with Crippen LogP contribution in [-0.4, -0.2) is 38.8 Å². The van der Waals surface area contributed by atoms with E-state index in [-0.39, 0.29) is 30.0 Å². The highest BCUT2D eigenvalue weighted by molar-refractivity contribution is 6.30. The van der Waals surface area contributed by atoms with Crippen LogP contribution in [0.25, 0.3) is 0 Å². The van der Waals surface area contributed by atoms with Crippen LogP contribution in [0, 0.1) is 0 Å². The van der Waals surface area contributed by atoms with Gasteiger partial charge in [-0.05, 0) is 54.8 Å². The summed E-state index contributed by atoms with van der Waals surface area (Å²) in [5.74, 6) is -0.203. The molecule has 1 saturated heterocycles. The van der Waals surface area contributed by atoms with Crippen molar-refractivity contribution in [1.29, 1.82) is 0 Å². The molecule has 1 atom stereocenters. The maximum atomic E-state index is 13.1. The average molecular weight is 519 g/mol. The lowest BCUT2D eigenvalue weighted by atomic mass is 10.0. The Bertz CT molecular complexity index is 1360. The minimum Gasteiger partial charge on any atom is -0.422 e. The molecule has 3 aromatic rings. The Morgan fingerprint density at radius 3 is 2.42 bits per heavy atom. The number of hydrogen-bond donors (Lipinski definition) is 1. The molecule has 2 aliphatic heterocycles. The number of anilines is 1. The molecular formula is C25H22ClF3N4O3. The van der Waals surface area contributed by atoms with E-state index < -0.39 is 17.3 Å². The van der Waals surface area contributed by atoms with Gasteiger partial charge in [0, 0.05) is 30.1 Å². The van der Waals surface area contributed by atoms with Crippen LogP contribution in [-0.2, 0) is 19.1 Å². The molecule has 0 saturated carbocycles. The van der Waals surface area contributed by atoms with Crippen molar-refractivity contribution in [2.45, 2.75) is 38.0 Å². The molecule has 2 aliphatic rings. The Hall–Kier alpha value is -3.53. The summed E-state index contributed by atoms with van der Waals surface area (Å²) < 4.78 is 39.4. The smallest absolute Gasteiger partial charge is 0.416 e. The number of carbonyl (C=O) groups excluding carboxylic acids is 1. The highest BCUT2D eigenvalue weighted by Crippen LogP contribution is 2.37. The van der Waals surface area contributed by atoms with E-state index in [1.807, 2.05) is 0 Å². The second kappa shape index (κ2) is 9.16. The van der Waals surface area contributed by atoms with Crippen molar-refractivity contribution in [2.75, 3.05) is 18.0 Å². The van der Waals surface area contributed by atoms with Crippen LogP contribution in [0.5, 0.6) is 0 Å². The monoisotopic (exact) mass is 518 g/mol. The van der Waals surface area contributed by atoms with Gasteiger partial charge in [0.05, 0.1) is 29.4 Å². The van der Waals surface area contributed by atoms with Gasteiger partial charge in [0.25, 0.3) is 11.5 Å². The van der Waals surface area contributed by atoms with E-state index in [4.69, 9.17) is 11.6 Å². The zero-order valence-electron chi connectivity index (χ0n) is 19.0. The van der Waals surface area contributed by atoms with Crippen LogP contribution >= 0.6 is 11.6 Å². The molecule has 7 nitrogen and oxygen atoms in total. The lowest BCUT2D eigenvalue weighted by Gasteiger charge is -2.31. The van der Waals surface area contributed by atoms with Crippen LogP contribution in [0.1, 0.15) is 51.6 Å². The molecule has 1 fully saturated rings. The lowest BCUT2D eigenvalue weighted by Crippen LogP contribution is -2.42. The molecule has 0 spiro atoms. The van der Waals surface area contributed by atoms with Gasteiger partial charge in [0.15, 0.2) is 0 Å². The van der Waals surface area contributed by atoms with Crippen molar-refractivity contribution < 1.29 is 23.2 Å². The number of benzene rings is 2. The van der Waals surface area contributed by atoms with Crippen molar-refractivity contribution in [3.05, 3.63) is 91.9 Å². The van der Waals surface area contributed by atoms with Gasteiger partial charge in [0.1, 0.15) is 0 Å². The molecule has 0 aliphatic carbocycles. The minimum absolute atomic E-state index is 0.00575. The summed E-state index contributed by atoms with van der Waals surface area (Å²) in [5.41, 5.74) is 0.417. The number of carbonyl (C=O) groups is 1. The number of rotatable bonds is 3. The van der Waals surface area contributed by atoms with Crippen molar-refractivity contribution >= 4 is 23.5 Å². The number of aromatic nitrogens is 2. The summed E-state index contributed by atoms with van der Waals surface area (Å²) in [6, 6.07) is 11.0. The van der Waals surface area contributed by atoms with Crippen LogP contribution < -0.4 is 10.5 Å². The molecule has 2 aromatic carbocycles. The number of hydrogen-bond acceptors (Lipinski definition) is 5. The van der Waals surface area contributed by atoms with E-state index in [1.165, 1.54) is 17.0 Å². The van der Waals surface area contributed by atoms with Crippen LogP contribution in [0.2, 0.25) is 5.02 Å². The normalized spacial score (nSPS) is 17.8. The molecule has 1 N–H and O–H groups in total. The number of fused-ring (bicyclic) bond motifs is 1. The van der Waals surface area contributed by atoms with Gasteiger partial charge in [0.2, 0.25) is 5.95 Å². The molecule has 3 heterocycles. The minimum atomic E-state index is -4.43. The Morgan fingerprint density at radius 2 is 1.75 bits per heavy atom. The molecule has 1 aromatic heterocycles. The highest BCUT2D eigenvalue weighted by Gasteiger charge is 2.34. The van der Waals surface area contributed by atoms with Crippen LogP contribution in [0.3, 0.4) is 0 Å². The standard InChI is InChI=1S/C25H22ClF3N4O3/c26-18-9-5-16(6-10-18)22(34)31-13-11-20-19(14-31)23(35)33(36)24(30-20)32-12-1-2-21(32)15-3-7-17(8-4-15)25(27,28)29/h3-10,21,36H,1-2,11-14H2. The molecular weight excluding hydrogens is 497 g/mol. The van der Waals surface area contributed by atoms with E-state index in [2.05, 4.69) is 4.98 Å². The highest BCUT2D eigenvalue weighted by atomic mass is 35.5. The van der Waals surface area contributed by atoms with Gasteiger partial charge in [-0.15, -0.1) is 4.73 Å². The van der Waals surface area contributed by atoms with Gasteiger partial charge in [-0.3, -0.25) is 9.59 Å². The van der Waals surface area contributed by atoms with Crippen molar-refractivity contribution in [1.82, 2.24) is 14.6 Å². The summed E-state index contributed by atoms with van der Waals surface area (Å²) in [5, 5.41) is 11.2. The Labute approximate surface area is 209 Å². The first-order valence-corrected chi connectivity index (χ1v) is 11.8. The summed E-state index contributed by atoms with van der Waals surface area (Å²) in [6.07, 6.45) is -2.73. The third-order valence-electron chi connectivity index (χ3n) is 6.70. The molecule has 0 radical (unpaired) electrons. The van der Waals surface area contributed by atoms with Gasteiger partial charge in [-0.2, -0.15) is 13.2 Å². The third-order valence-corrected chi connectivity index (χ3v) is 6.95. The van der Waals surface area contributed by atoms with Gasteiger partial charge < -0.3 is 15.0 Å². The van der Waals surface area contributed by atoms with Crippen molar-refractivity contribution in [3.63, 3.8) is 0 Å². The second-order valence-corrected chi connectivity index (χ2v) is 9.35. The zero-order chi connectivity index (χ0) is 25.6. The first-order chi connectivity index (χ1) is 17.1. The SMILES string of the molecule is O=C(c1ccc(Cl)cc1)N1CCc2nc(N3CCCC3c3ccc(C(F)(F)F)cc3)n(O)c(=O)c2C1. The largest absolute Gasteiger partial charge is 0.422 e. The summed E-state index contributed by atoms with van der Waals surface area (Å²) in [7, 11) is 0. The quantitative estimate of drug-likeness (QED) is 0.509. The fourth-order valence-electron chi connectivity index (χ4n) is 4.84. The van der Waals surface area contributed by atoms with E-state index in [1.54, 1.807) is 29.2 Å². The van der Waals surface area contributed by atoms with Crippen molar-refractivity contribution in [3.8, 4) is 0 Å². The topological polar surface area (TPSA) is 78.7 Å². The predicted molar refractivity (Wildman–Crippen MR) is 126 cm³/mol. The molecule has 5 rings (SSSR count). The third kappa shape index (κ3) is 4.41. The molecule has 0 bridgehead atoms. The maximum absolute atomic E-state index is 13.1. The lowest BCUT2D eigenvalue weighted by molar-refractivity contribution is -0.137. The molecule has 11 heteroatoms. The predicted octanol–water partition coefficient (Wildman–Crippen LogP) is 4.69. The molecule has 36 heavy (non-hydrogen) atoms. The number of halogens is 4. The average Bonchev–Trinajstić information content (AvgIpc) is 3.35. The number of alkyl halides is 3. The van der Waals surface area contributed by atoms with E-state index in [9.17, 15) is 28.0 Å². The van der Waals surface area contributed by atoms with Gasteiger partial charge in [-0.25, -0.2) is 4.98 Å². The Kier molecular flexibility index (Phi) is 6.15. The Balaban J connectivity index is 1.41. The fourth-order valence-corrected chi connectivity index (χ4v) is 4.96. The van der Waals surface area contributed by atoms with E-state index in [0.29, 0.717) is 52.5 Å². The second-order valence-electron chi connectivity index (χ2n) is 8.91. The van der Waals surface area contributed by atoms with Crippen molar-refractivity contribution in [2.24, 2.45) is 0 Å². The van der Waals surface area contributed by atoms with Crippen LogP contribution in [0.15, 0.2) is 53.3 Å². The van der Waals surface area contributed by atoms with Gasteiger partial charge >= 0.3 is 6.18 Å². The zero-order valence-corrected chi connectivity index (χ0v) is 19.8. The molecule has 188 valence electrons. The Morgan fingerprint density at radius 1 is 1.06 bits per heavy atom. The summed E-state index contributed by atoms with van der Waals surface area (Å²) in [4.78, 5) is 33.8. The van der Waals surface area contributed by atoms with E-state index in [0.717, 1.165) is 18.6 Å². The fraction of sp³-hybridized carbons (Fsp3) is 0.320. The summed E-state index contributed by atoms with van der Waals surface area (Å²) >= 11 is 5.90. The first-order valence-electron chi connectivity index (χ1n) is 11.5. The van der Waals surface area contributed by atoms with Gasteiger partial charge in [-0.1, -0.05) is 23.7 Å². The molecule has 1 amide bonds. The first kappa shape index (κ1) is 24.2. The number of amides is 1. The number of nitrogens with zero attached hydrogens (tertiary/aromatic N) is 4. The van der Waals surface area contributed by atoms with Crippen LogP contribution in [0.4, 0.5) is 19.1 Å². The van der Waals surface area contributed by atoms with E-state index >= 15 is 0 Å². The molecule has 1 unspecified atom stereocenters. The maximum Gasteiger partial charge on any atom is 0.416 e. The summed E-state index contributed by atoms with van der Waals surface area (Å²) in [6.45, 7) is 0.836.